The van der Waals surface area contributed by atoms with Crippen LogP contribution in [0.3, 0.4) is 0 Å². The van der Waals surface area contributed by atoms with Crippen molar-refractivity contribution in [3.05, 3.63) is 20.3 Å². The molecule has 2 heterocycles. The Bertz CT molecular complexity index is 352. The molecule has 1 aromatic heterocycles. The number of hydrogen-bond acceptors (Lipinski definition) is 3. The zero-order valence-corrected chi connectivity index (χ0v) is 10.9. The van der Waals surface area contributed by atoms with E-state index in [9.17, 15) is 4.79 Å². The minimum absolute atomic E-state index is 0.122. The maximum Gasteiger partial charge on any atom is 0.264 e. The minimum atomic E-state index is 0.122. The molecule has 1 aliphatic rings. The first kappa shape index (κ1) is 11.1. The van der Waals surface area contributed by atoms with Crippen LogP contribution in [-0.4, -0.2) is 37.1 Å². The van der Waals surface area contributed by atoms with Crippen LogP contribution in [0.15, 0.2) is 9.85 Å². The number of nitrogens with zero attached hydrogens (tertiary/aromatic N) is 1. The molecule has 0 radical (unpaired) electrons. The molecule has 5 heteroatoms. The van der Waals surface area contributed by atoms with Crippen molar-refractivity contribution in [3.63, 3.8) is 0 Å². The van der Waals surface area contributed by atoms with Crippen molar-refractivity contribution in [1.29, 1.82) is 0 Å². The van der Waals surface area contributed by atoms with Crippen LogP contribution in [0.25, 0.3) is 0 Å². The summed E-state index contributed by atoms with van der Waals surface area (Å²) < 4.78 is 6.26. The third-order valence-corrected chi connectivity index (χ3v) is 4.49. The molecule has 82 valence electrons. The SMILES string of the molecule is Cc1cc(C(=O)N2CCOCC2)sc1Br. The Morgan fingerprint density at radius 1 is 1.53 bits per heavy atom. The molecular formula is C10H12BrNO2S. The van der Waals surface area contributed by atoms with Gasteiger partial charge in [0.15, 0.2) is 0 Å². The topological polar surface area (TPSA) is 29.5 Å². The first-order chi connectivity index (χ1) is 7.18. The summed E-state index contributed by atoms with van der Waals surface area (Å²) in [6, 6.07) is 1.94. The van der Waals surface area contributed by atoms with Crippen molar-refractivity contribution < 1.29 is 9.53 Å². The van der Waals surface area contributed by atoms with E-state index in [1.165, 1.54) is 11.3 Å². The molecule has 1 aliphatic heterocycles. The maximum absolute atomic E-state index is 12.0. The lowest BCUT2D eigenvalue weighted by Gasteiger charge is -2.26. The van der Waals surface area contributed by atoms with Gasteiger partial charge in [-0.3, -0.25) is 4.79 Å². The molecule has 1 aromatic rings. The molecule has 2 rings (SSSR count). The number of thiophene rings is 1. The predicted octanol–water partition coefficient (Wildman–Crippen LogP) is 2.29. The number of carbonyl (C=O) groups is 1. The summed E-state index contributed by atoms with van der Waals surface area (Å²) in [5, 5.41) is 0. The van der Waals surface area contributed by atoms with Gasteiger partial charge in [0.25, 0.3) is 5.91 Å². The highest BCUT2D eigenvalue weighted by Gasteiger charge is 2.20. The van der Waals surface area contributed by atoms with Gasteiger partial charge in [-0.1, -0.05) is 0 Å². The second-order valence-corrected chi connectivity index (χ2v) is 5.84. The highest BCUT2D eigenvalue weighted by molar-refractivity contribution is 9.11. The molecule has 1 fully saturated rings. The monoisotopic (exact) mass is 289 g/mol. The van der Waals surface area contributed by atoms with Crippen LogP contribution in [0.5, 0.6) is 0 Å². The van der Waals surface area contributed by atoms with Crippen LogP contribution in [-0.2, 0) is 4.74 Å². The Balaban J connectivity index is 2.12. The van der Waals surface area contributed by atoms with Crippen LogP contribution in [0.1, 0.15) is 15.2 Å². The number of rotatable bonds is 1. The maximum atomic E-state index is 12.0. The summed E-state index contributed by atoms with van der Waals surface area (Å²) in [7, 11) is 0. The Kier molecular flexibility index (Phi) is 3.43. The average molecular weight is 290 g/mol. The van der Waals surface area contributed by atoms with E-state index >= 15 is 0 Å². The summed E-state index contributed by atoms with van der Waals surface area (Å²) >= 11 is 4.93. The summed E-state index contributed by atoms with van der Waals surface area (Å²) in [6.07, 6.45) is 0. The molecule has 0 bridgehead atoms. The number of halogens is 1. The van der Waals surface area contributed by atoms with Gasteiger partial charge in [-0.15, -0.1) is 11.3 Å². The van der Waals surface area contributed by atoms with Crippen molar-refractivity contribution >= 4 is 33.2 Å². The van der Waals surface area contributed by atoms with Gasteiger partial charge in [-0.2, -0.15) is 0 Å². The predicted molar refractivity (Wildman–Crippen MR) is 63.5 cm³/mol. The van der Waals surface area contributed by atoms with E-state index in [4.69, 9.17) is 4.74 Å². The van der Waals surface area contributed by atoms with Crippen LogP contribution in [0, 0.1) is 6.92 Å². The lowest BCUT2D eigenvalue weighted by atomic mass is 10.3. The highest BCUT2D eigenvalue weighted by Crippen LogP contribution is 2.28. The summed E-state index contributed by atoms with van der Waals surface area (Å²) in [5.41, 5.74) is 1.12. The number of carbonyl (C=O) groups excluding carboxylic acids is 1. The molecule has 1 amide bonds. The Morgan fingerprint density at radius 3 is 2.73 bits per heavy atom. The van der Waals surface area contributed by atoms with Gasteiger partial charge in [0.2, 0.25) is 0 Å². The molecule has 0 atom stereocenters. The third-order valence-electron chi connectivity index (χ3n) is 2.37. The van der Waals surface area contributed by atoms with E-state index in [1.54, 1.807) is 0 Å². The molecule has 0 aliphatic carbocycles. The van der Waals surface area contributed by atoms with Crippen molar-refractivity contribution in [2.75, 3.05) is 26.3 Å². The first-order valence-electron chi connectivity index (χ1n) is 4.81. The van der Waals surface area contributed by atoms with E-state index < -0.39 is 0 Å². The van der Waals surface area contributed by atoms with Gasteiger partial charge in [-0.25, -0.2) is 0 Å². The smallest absolute Gasteiger partial charge is 0.264 e. The molecular weight excluding hydrogens is 278 g/mol. The lowest BCUT2D eigenvalue weighted by molar-refractivity contribution is 0.0306. The molecule has 15 heavy (non-hydrogen) atoms. The number of aryl methyl sites for hydroxylation is 1. The second kappa shape index (κ2) is 4.63. The average Bonchev–Trinajstić information content (AvgIpc) is 2.59. The van der Waals surface area contributed by atoms with E-state index in [2.05, 4.69) is 15.9 Å². The summed E-state index contributed by atoms with van der Waals surface area (Å²) in [5.74, 6) is 0.122. The first-order valence-corrected chi connectivity index (χ1v) is 6.42. The zero-order valence-electron chi connectivity index (χ0n) is 8.46. The Hall–Kier alpha value is -0.390. The molecule has 0 saturated carbocycles. The van der Waals surface area contributed by atoms with Crippen LogP contribution >= 0.6 is 27.3 Å². The fourth-order valence-electron chi connectivity index (χ4n) is 1.49. The second-order valence-electron chi connectivity index (χ2n) is 3.47. The van der Waals surface area contributed by atoms with Gasteiger partial charge >= 0.3 is 0 Å². The molecule has 0 N–H and O–H groups in total. The van der Waals surface area contributed by atoms with Crippen LogP contribution < -0.4 is 0 Å². The number of ether oxygens (including phenoxy) is 1. The van der Waals surface area contributed by atoms with Crippen LogP contribution in [0.4, 0.5) is 0 Å². The van der Waals surface area contributed by atoms with Gasteiger partial charge < -0.3 is 9.64 Å². The number of morpholine rings is 1. The number of hydrogen-bond donors (Lipinski definition) is 0. The van der Waals surface area contributed by atoms with Crippen LogP contribution in [0.2, 0.25) is 0 Å². The highest BCUT2D eigenvalue weighted by atomic mass is 79.9. The van der Waals surface area contributed by atoms with Gasteiger partial charge in [-0.05, 0) is 34.5 Å². The Morgan fingerprint density at radius 2 is 2.20 bits per heavy atom. The number of amides is 1. The molecule has 1 saturated heterocycles. The van der Waals surface area contributed by atoms with Gasteiger partial charge in [0, 0.05) is 13.1 Å². The zero-order chi connectivity index (χ0) is 10.8. The molecule has 3 nitrogen and oxygen atoms in total. The molecule has 0 unspecified atom stereocenters. The fourth-order valence-corrected chi connectivity index (χ4v) is 2.99. The normalized spacial score (nSPS) is 16.8. The third kappa shape index (κ3) is 2.41. The molecule has 0 aromatic carbocycles. The van der Waals surface area contributed by atoms with Gasteiger partial charge in [0.1, 0.15) is 0 Å². The summed E-state index contributed by atoms with van der Waals surface area (Å²) in [6.45, 7) is 4.70. The standard InChI is InChI=1S/C10H12BrNO2S/c1-7-6-8(15-9(7)11)10(13)12-2-4-14-5-3-12/h6H,2-5H2,1H3. The van der Waals surface area contributed by atoms with E-state index in [0.29, 0.717) is 26.3 Å². The van der Waals surface area contributed by atoms with Crippen molar-refractivity contribution in [3.8, 4) is 0 Å². The van der Waals surface area contributed by atoms with E-state index in [1.807, 2.05) is 17.9 Å². The van der Waals surface area contributed by atoms with E-state index in [-0.39, 0.29) is 5.91 Å². The quantitative estimate of drug-likeness (QED) is 0.794. The fraction of sp³-hybridized carbons (Fsp3) is 0.500. The minimum Gasteiger partial charge on any atom is -0.378 e. The van der Waals surface area contributed by atoms with Crippen molar-refractivity contribution in [2.24, 2.45) is 0 Å². The summed E-state index contributed by atoms with van der Waals surface area (Å²) in [4.78, 5) is 14.7. The van der Waals surface area contributed by atoms with E-state index in [0.717, 1.165) is 14.2 Å². The van der Waals surface area contributed by atoms with Crippen molar-refractivity contribution in [1.82, 2.24) is 4.90 Å². The van der Waals surface area contributed by atoms with Crippen molar-refractivity contribution in [2.45, 2.75) is 6.92 Å². The molecule has 0 spiro atoms. The lowest BCUT2D eigenvalue weighted by Crippen LogP contribution is -2.40. The van der Waals surface area contributed by atoms with Gasteiger partial charge in [0.05, 0.1) is 21.9 Å². The largest absolute Gasteiger partial charge is 0.378 e. The Labute approximate surface area is 101 Å².